The fourth-order valence-electron chi connectivity index (χ4n) is 2.93. The van der Waals surface area contributed by atoms with Crippen molar-refractivity contribution in [3.8, 4) is 0 Å². The minimum absolute atomic E-state index is 0.0468. The molecule has 0 aliphatic heterocycles. The van der Waals surface area contributed by atoms with Crippen LogP contribution in [0.2, 0.25) is 0 Å². The number of rotatable bonds is 6. The average Bonchev–Trinajstić information content (AvgIpc) is 2.52. The molecule has 2 aromatic rings. The van der Waals surface area contributed by atoms with Crippen molar-refractivity contribution in [3.05, 3.63) is 65.7 Å². The summed E-state index contributed by atoms with van der Waals surface area (Å²) in [6, 6.07) is 12.1. The third kappa shape index (κ3) is 3.67. The van der Waals surface area contributed by atoms with Crippen molar-refractivity contribution >= 4 is 0 Å². The van der Waals surface area contributed by atoms with Crippen LogP contribution in [-0.2, 0) is 0 Å². The van der Waals surface area contributed by atoms with Crippen LogP contribution in [-0.4, -0.2) is 12.0 Å². The van der Waals surface area contributed by atoms with Gasteiger partial charge in [-0.3, -0.25) is 4.98 Å². The summed E-state index contributed by atoms with van der Waals surface area (Å²) in [4.78, 5) is 4.00. The number of nitrogens with one attached hydrogen (secondary N) is 1. The third-order valence-electron chi connectivity index (χ3n) is 4.20. The van der Waals surface area contributed by atoms with E-state index in [2.05, 4.69) is 48.4 Å². The summed E-state index contributed by atoms with van der Waals surface area (Å²) in [5.41, 5.74) is 2.17. The normalized spacial score (nSPS) is 15.4. The number of pyridine rings is 1. The minimum atomic E-state index is -0.288. The predicted molar refractivity (Wildman–Crippen MR) is 84.6 cm³/mol. The highest BCUT2D eigenvalue weighted by Crippen LogP contribution is 2.38. The zero-order valence-electron chi connectivity index (χ0n) is 12.9. The fourth-order valence-corrected chi connectivity index (χ4v) is 2.93. The van der Waals surface area contributed by atoms with Gasteiger partial charge >= 0.3 is 0 Å². The molecule has 3 unspecified atom stereocenters. The van der Waals surface area contributed by atoms with E-state index in [1.807, 2.05) is 13.1 Å². The van der Waals surface area contributed by atoms with E-state index >= 15 is 0 Å². The molecular formula is C18H23FN2. The standard InChI is InChI=1S/C18H23FN2/c1-4-13(2)17(14-8-6-5-7-9-14)18(20-3)15-10-16(19)12-21-11-15/h5-13,17-18,20H,4H2,1-3H3. The number of aromatic nitrogens is 1. The summed E-state index contributed by atoms with van der Waals surface area (Å²) in [5, 5.41) is 3.35. The second kappa shape index (κ2) is 7.32. The second-order valence-electron chi connectivity index (χ2n) is 5.52. The molecule has 0 saturated carbocycles. The maximum atomic E-state index is 13.5. The molecule has 3 heteroatoms. The third-order valence-corrected chi connectivity index (χ3v) is 4.20. The van der Waals surface area contributed by atoms with E-state index in [1.54, 1.807) is 12.3 Å². The molecule has 1 aromatic carbocycles. The topological polar surface area (TPSA) is 24.9 Å². The first kappa shape index (κ1) is 15.6. The second-order valence-corrected chi connectivity index (χ2v) is 5.52. The molecule has 2 rings (SSSR count). The number of likely N-dealkylation sites (N-methyl/N-ethyl adjacent to an activating group) is 1. The van der Waals surface area contributed by atoms with Gasteiger partial charge in [0, 0.05) is 18.2 Å². The van der Waals surface area contributed by atoms with E-state index in [4.69, 9.17) is 0 Å². The lowest BCUT2D eigenvalue weighted by Gasteiger charge is -2.32. The van der Waals surface area contributed by atoms with Gasteiger partial charge in [0.2, 0.25) is 0 Å². The predicted octanol–water partition coefficient (Wildman–Crippen LogP) is 4.31. The molecular weight excluding hydrogens is 263 g/mol. The van der Waals surface area contributed by atoms with Gasteiger partial charge in [-0.05, 0) is 30.2 Å². The highest BCUT2D eigenvalue weighted by atomic mass is 19.1. The molecule has 0 aliphatic carbocycles. The summed E-state index contributed by atoms with van der Waals surface area (Å²) in [5.74, 6) is 0.474. The molecule has 2 nitrogen and oxygen atoms in total. The van der Waals surface area contributed by atoms with E-state index in [9.17, 15) is 4.39 Å². The molecule has 0 spiro atoms. The zero-order chi connectivity index (χ0) is 15.2. The largest absolute Gasteiger partial charge is 0.312 e. The van der Waals surface area contributed by atoms with Crippen LogP contribution in [0.5, 0.6) is 0 Å². The van der Waals surface area contributed by atoms with Crippen LogP contribution in [0.4, 0.5) is 4.39 Å². The van der Waals surface area contributed by atoms with Gasteiger partial charge in [0.05, 0.1) is 6.20 Å². The maximum Gasteiger partial charge on any atom is 0.141 e. The first-order valence-corrected chi connectivity index (χ1v) is 7.50. The van der Waals surface area contributed by atoms with Gasteiger partial charge in [-0.1, -0.05) is 50.6 Å². The van der Waals surface area contributed by atoms with E-state index in [0.29, 0.717) is 5.92 Å². The van der Waals surface area contributed by atoms with E-state index in [0.717, 1.165) is 12.0 Å². The molecule has 0 saturated heterocycles. The van der Waals surface area contributed by atoms with Crippen molar-refractivity contribution in [2.45, 2.75) is 32.2 Å². The molecule has 1 N–H and O–H groups in total. The molecule has 0 fully saturated rings. The van der Waals surface area contributed by atoms with Crippen LogP contribution < -0.4 is 5.32 Å². The molecule has 0 radical (unpaired) electrons. The highest BCUT2D eigenvalue weighted by molar-refractivity contribution is 5.27. The Morgan fingerprint density at radius 3 is 2.43 bits per heavy atom. The summed E-state index contributed by atoms with van der Waals surface area (Å²) < 4.78 is 13.5. The Hall–Kier alpha value is -1.74. The van der Waals surface area contributed by atoms with Gasteiger partial charge in [-0.25, -0.2) is 4.39 Å². The molecule has 0 amide bonds. The molecule has 3 atom stereocenters. The summed E-state index contributed by atoms with van der Waals surface area (Å²) in [6.07, 6.45) is 4.07. The lowest BCUT2D eigenvalue weighted by molar-refractivity contribution is 0.353. The van der Waals surface area contributed by atoms with Gasteiger partial charge in [-0.2, -0.15) is 0 Å². The summed E-state index contributed by atoms with van der Waals surface area (Å²) in [6.45, 7) is 4.44. The first-order valence-electron chi connectivity index (χ1n) is 7.50. The van der Waals surface area contributed by atoms with Crippen molar-refractivity contribution in [2.75, 3.05) is 7.05 Å². The van der Waals surface area contributed by atoms with Crippen LogP contribution in [0.25, 0.3) is 0 Å². The Balaban J connectivity index is 2.43. The first-order chi connectivity index (χ1) is 10.2. The number of hydrogen-bond donors (Lipinski definition) is 1. The summed E-state index contributed by atoms with van der Waals surface area (Å²) in [7, 11) is 1.92. The SMILES string of the molecule is CCC(C)C(c1ccccc1)C(NC)c1cncc(F)c1. The minimum Gasteiger partial charge on any atom is -0.312 e. The molecule has 1 aromatic heterocycles. The van der Waals surface area contributed by atoms with Crippen LogP contribution in [0.1, 0.15) is 43.4 Å². The number of hydrogen-bond acceptors (Lipinski definition) is 2. The Labute approximate surface area is 126 Å². The van der Waals surface area contributed by atoms with Crippen molar-refractivity contribution in [2.24, 2.45) is 5.92 Å². The molecule has 1 heterocycles. The quantitative estimate of drug-likeness (QED) is 0.856. The highest BCUT2D eigenvalue weighted by Gasteiger charge is 2.28. The Kier molecular flexibility index (Phi) is 5.45. The van der Waals surface area contributed by atoms with Gasteiger partial charge in [-0.15, -0.1) is 0 Å². The lowest BCUT2D eigenvalue weighted by Crippen LogP contribution is -2.28. The van der Waals surface area contributed by atoms with Crippen molar-refractivity contribution in [1.82, 2.24) is 10.3 Å². The van der Waals surface area contributed by atoms with Crippen LogP contribution in [0.15, 0.2) is 48.8 Å². The molecule has 21 heavy (non-hydrogen) atoms. The van der Waals surface area contributed by atoms with Crippen molar-refractivity contribution in [1.29, 1.82) is 0 Å². The fraction of sp³-hybridized carbons (Fsp3) is 0.389. The van der Waals surface area contributed by atoms with Gasteiger partial charge in [0.15, 0.2) is 0 Å². The smallest absolute Gasteiger partial charge is 0.141 e. The molecule has 0 bridgehead atoms. The average molecular weight is 286 g/mol. The van der Waals surface area contributed by atoms with E-state index < -0.39 is 0 Å². The molecule has 0 aliphatic rings. The van der Waals surface area contributed by atoms with Crippen LogP contribution in [0.3, 0.4) is 0 Å². The van der Waals surface area contributed by atoms with E-state index in [-0.39, 0.29) is 17.8 Å². The molecule has 112 valence electrons. The van der Waals surface area contributed by atoms with Crippen molar-refractivity contribution < 1.29 is 4.39 Å². The Morgan fingerprint density at radius 2 is 1.86 bits per heavy atom. The number of nitrogens with zero attached hydrogens (tertiary/aromatic N) is 1. The Bertz CT molecular complexity index is 556. The van der Waals surface area contributed by atoms with E-state index in [1.165, 1.54) is 11.8 Å². The Morgan fingerprint density at radius 1 is 1.14 bits per heavy atom. The maximum absolute atomic E-state index is 13.5. The monoisotopic (exact) mass is 286 g/mol. The van der Waals surface area contributed by atoms with Gasteiger partial charge in [0.25, 0.3) is 0 Å². The number of halogens is 1. The zero-order valence-corrected chi connectivity index (χ0v) is 12.9. The number of benzene rings is 1. The van der Waals surface area contributed by atoms with Gasteiger partial charge in [0.1, 0.15) is 5.82 Å². The van der Waals surface area contributed by atoms with Crippen LogP contribution in [0, 0.1) is 11.7 Å². The lowest BCUT2D eigenvalue weighted by atomic mass is 9.78. The summed E-state index contributed by atoms with van der Waals surface area (Å²) >= 11 is 0. The van der Waals surface area contributed by atoms with Crippen molar-refractivity contribution in [3.63, 3.8) is 0 Å². The van der Waals surface area contributed by atoms with Crippen LogP contribution >= 0.6 is 0 Å². The van der Waals surface area contributed by atoms with Gasteiger partial charge < -0.3 is 5.32 Å².